The molecule has 0 aliphatic carbocycles. The number of piperidine rings is 1. The van der Waals surface area contributed by atoms with Crippen LogP contribution in [0.2, 0.25) is 0 Å². The molecule has 0 saturated carbocycles. The van der Waals surface area contributed by atoms with E-state index in [1.165, 1.54) is 6.42 Å². The average molecular weight is 329 g/mol. The molecule has 1 aromatic heterocycles. The van der Waals surface area contributed by atoms with E-state index in [0.29, 0.717) is 5.95 Å². The highest BCUT2D eigenvalue weighted by molar-refractivity contribution is 7.81. The third-order valence-electron chi connectivity index (χ3n) is 3.85. The van der Waals surface area contributed by atoms with Gasteiger partial charge < -0.3 is 16.0 Å². The first-order valence-electron chi connectivity index (χ1n) is 7.66. The zero-order valence-electron chi connectivity index (χ0n) is 12.7. The van der Waals surface area contributed by atoms with Crippen molar-refractivity contribution < 1.29 is 0 Å². The molecule has 6 nitrogen and oxygen atoms in total. The van der Waals surface area contributed by atoms with Crippen molar-refractivity contribution in [3.63, 3.8) is 0 Å². The maximum absolute atomic E-state index is 12.4. The fraction of sp³-hybridized carbons (Fsp3) is 0.312. The summed E-state index contributed by atoms with van der Waals surface area (Å²) in [7, 11) is 0. The van der Waals surface area contributed by atoms with E-state index in [1.807, 2.05) is 30.3 Å². The van der Waals surface area contributed by atoms with Gasteiger partial charge in [0.1, 0.15) is 16.4 Å². The fourth-order valence-electron chi connectivity index (χ4n) is 2.67. The van der Waals surface area contributed by atoms with Gasteiger partial charge in [0.15, 0.2) is 0 Å². The number of hydrogen-bond donors (Lipinski definition) is 3. The van der Waals surface area contributed by atoms with Crippen LogP contribution in [0.15, 0.2) is 35.1 Å². The van der Waals surface area contributed by atoms with E-state index in [9.17, 15) is 4.79 Å². The Morgan fingerprint density at radius 2 is 1.91 bits per heavy atom. The minimum Gasteiger partial charge on any atom is -0.383 e. The maximum atomic E-state index is 12.4. The number of nitrogens with one attached hydrogen (secondary N) is 2. The number of aromatic amines is 1. The van der Waals surface area contributed by atoms with Crippen LogP contribution in [-0.4, -0.2) is 28.0 Å². The van der Waals surface area contributed by atoms with Crippen LogP contribution in [0, 0.1) is 0 Å². The largest absolute Gasteiger partial charge is 0.383 e. The van der Waals surface area contributed by atoms with Crippen LogP contribution in [0.1, 0.15) is 24.8 Å². The highest BCUT2D eigenvalue weighted by Gasteiger charge is 2.18. The van der Waals surface area contributed by atoms with Gasteiger partial charge in [-0.1, -0.05) is 30.4 Å². The van der Waals surface area contributed by atoms with Gasteiger partial charge in [-0.3, -0.25) is 9.78 Å². The monoisotopic (exact) mass is 329 g/mol. The van der Waals surface area contributed by atoms with Crippen molar-refractivity contribution >= 4 is 34.7 Å². The predicted octanol–water partition coefficient (Wildman–Crippen LogP) is 2.13. The lowest BCUT2D eigenvalue weighted by atomic mass is 10.1. The predicted molar refractivity (Wildman–Crippen MR) is 97.1 cm³/mol. The van der Waals surface area contributed by atoms with E-state index < -0.39 is 0 Å². The summed E-state index contributed by atoms with van der Waals surface area (Å²) in [5.74, 6) is 0.682. The van der Waals surface area contributed by atoms with E-state index in [2.05, 4.69) is 20.2 Å². The van der Waals surface area contributed by atoms with Crippen molar-refractivity contribution in [2.45, 2.75) is 19.3 Å². The first-order valence-corrected chi connectivity index (χ1v) is 8.07. The highest BCUT2D eigenvalue weighted by Crippen LogP contribution is 2.17. The Morgan fingerprint density at radius 3 is 2.57 bits per heavy atom. The molecule has 0 atom stereocenters. The average Bonchev–Trinajstić information content (AvgIpc) is 2.56. The number of anilines is 3. The third kappa shape index (κ3) is 3.50. The highest BCUT2D eigenvalue weighted by atomic mass is 32.1. The van der Waals surface area contributed by atoms with Crippen LogP contribution >= 0.6 is 12.2 Å². The van der Waals surface area contributed by atoms with E-state index in [-0.39, 0.29) is 21.9 Å². The van der Waals surface area contributed by atoms with Gasteiger partial charge in [-0.05, 0) is 31.4 Å². The van der Waals surface area contributed by atoms with Crippen molar-refractivity contribution in [1.82, 2.24) is 9.97 Å². The molecule has 3 rings (SSSR count). The summed E-state index contributed by atoms with van der Waals surface area (Å²) < 4.78 is 0. The number of para-hydroxylation sites is 1. The molecule has 0 radical (unpaired) electrons. The lowest BCUT2D eigenvalue weighted by Gasteiger charge is -2.27. The van der Waals surface area contributed by atoms with Crippen LogP contribution in [-0.2, 0) is 0 Å². The number of nitrogens with zero attached hydrogens (tertiary/aromatic N) is 2. The molecule has 7 heteroatoms. The molecular formula is C16H19N5OS. The van der Waals surface area contributed by atoms with Crippen LogP contribution in [0.5, 0.6) is 0 Å². The number of benzene rings is 1. The SMILES string of the molecule is Nc1nc(N2CCCCC2)[nH]c(=O)c1C(=S)Nc1ccccc1. The molecule has 0 bridgehead atoms. The molecular weight excluding hydrogens is 310 g/mol. The number of aromatic nitrogens is 2. The second kappa shape index (κ2) is 6.78. The first kappa shape index (κ1) is 15.5. The van der Waals surface area contributed by atoms with E-state index >= 15 is 0 Å². The van der Waals surface area contributed by atoms with Gasteiger partial charge in [-0.15, -0.1) is 0 Å². The zero-order chi connectivity index (χ0) is 16.2. The number of nitrogen functional groups attached to an aromatic ring is 1. The van der Waals surface area contributed by atoms with E-state index in [4.69, 9.17) is 18.0 Å². The van der Waals surface area contributed by atoms with E-state index in [1.54, 1.807) is 0 Å². The first-order chi connectivity index (χ1) is 11.1. The van der Waals surface area contributed by atoms with Gasteiger partial charge in [0.05, 0.1) is 0 Å². The second-order valence-corrected chi connectivity index (χ2v) is 5.93. The van der Waals surface area contributed by atoms with Crippen LogP contribution in [0.3, 0.4) is 0 Å². The van der Waals surface area contributed by atoms with Crippen molar-refractivity contribution in [1.29, 1.82) is 0 Å². The Balaban J connectivity index is 1.85. The van der Waals surface area contributed by atoms with Crippen LogP contribution < -0.4 is 21.5 Å². The standard InChI is InChI=1S/C16H19N5OS/c17-13-12(15(23)18-11-7-3-1-4-8-11)14(22)20-16(19-13)21-9-5-2-6-10-21/h1,3-4,7-8H,2,5-6,9-10H2,(H,18,23)(H3,17,19,20,22). The normalized spacial score (nSPS) is 14.5. The molecule has 1 fully saturated rings. The van der Waals surface area contributed by atoms with Gasteiger partial charge in [0, 0.05) is 18.8 Å². The smallest absolute Gasteiger partial charge is 0.264 e. The van der Waals surface area contributed by atoms with Gasteiger partial charge in [0.2, 0.25) is 5.95 Å². The molecule has 4 N–H and O–H groups in total. The molecule has 0 spiro atoms. The molecule has 23 heavy (non-hydrogen) atoms. The van der Waals surface area contributed by atoms with Gasteiger partial charge in [-0.2, -0.15) is 4.98 Å². The Labute approximate surface area is 139 Å². The van der Waals surface area contributed by atoms with Gasteiger partial charge >= 0.3 is 0 Å². The summed E-state index contributed by atoms with van der Waals surface area (Å²) in [5.41, 5.74) is 6.70. The summed E-state index contributed by atoms with van der Waals surface area (Å²) in [4.78, 5) is 21.9. The fourth-order valence-corrected chi connectivity index (χ4v) is 2.98. The van der Waals surface area contributed by atoms with Crippen molar-refractivity contribution in [3.8, 4) is 0 Å². The maximum Gasteiger partial charge on any atom is 0.264 e. The Bertz CT molecular complexity index is 753. The Morgan fingerprint density at radius 1 is 1.22 bits per heavy atom. The number of thiocarbonyl (C=S) groups is 1. The number of nitrogens with two attached hydrogens (primary N) is 1. The molecule has 1 aliphatic heterocycles. The van der Waals surface area contributed by atoms with E-state index in [0.717, 1.165) is 31.6 Å². The van der Waals surface area contributed by atoms with Crippen molar-refractivity contribution in [2.24, 2.45) is 0 Å². The number of rotatable bonds is 3. The number of hydrogen-bond acceptors (Lipinski definition) is 5. The molecule has 1 saturated heterocycles. The lowest BCUT2D eigenvalue weighted by molar-refractivity contribution is 0.568. The quantitative estimate of drug-likeness (QED) is 0.748. The molecule has 2 heterocycles. The van der Waals surface area contributed by atoms with Gasteiger partial charge in [-0.25, -0.2) is 0 Å². The van der Waals surface area contributed by atoms with Crippen LogP contribution in [0.25, 0.3) is 0 Å². The Kier molecular flexibility index (Phi) is 4.57. The molecule has 1 aliphatic rings. The molecule has 0 amide bonds. The van der Waals surface area contributed by atoms with Crippen molar-refractivity contribution in [2.75, 3.05) is 29.0 Å². The molecule has 120 valence electrons. The minimum atomic E-state index is -0.313. The summed E-state index contributed by atoms with van der Waals surface area (Å²) >= 11 is 5.31. The summed E-state index contributed by atoms with van der Waals surface area (Å²) in [5, 5.41) is 3.02. The molecule has 1 aromatic carbocycles. The summed E-state index contributed by atoms with van der Waals surface area (Å²) in [6.45, 7) is 1.77. The second-order valence-electron chi connectivity index (χ2n) is 5.52. The number of H-pyrrole nitrogens is 1. The third-order valence-corrected chi connectivity index (χ3v) is 4.16. The molecule has 0 unspecified atom stereocenters. The van der Waals surface area contributed by atoms with Crippen molar-refractivity contribution in [3.05, 3.63) is 46.2 Å². The topological polar surface area (TPSA) is 87.0 Å². The van der Waals surface area contributed by atoms with Crippen LogP contribution in [0.4, 0.5) is 17.5 Å². The zero-order valence-corrected chi connectivity index (χ0v) is 13.5. The summed E-state index contributed by atoms with van der Waals surface area (Å²) in [6, 6.07) is 9.41. The Hall–Kier alpha value is -2.41. The molecule has 2 aromatic rings. The lowest BCUT2D eigenvalue weighted by Crippen LogP contribution is -2.34. The minimum absolute atomic E-state index is 0.155. The summed E-state index contributed by atoms with van der Waals surface area (Å²) in [6.07, 6.45) is 3.40. The van der Waals surface area contributed by atoms with Gasteiger partial charge in [0.25, 0.3) is 5.56 Å².